The SMILES string of the molecule is CN(C)C(=O)c1cn2cc(-c3ccccc3Cl)n(C)c(=O)c2n1. The summed E-state index contributed by atoms with van der Waals surface area (Å²) in [6.07, 6.45) is 3.30. The summed E-state index contributed by atoms with van der Waals surface area (Å²) in [5, 5.41) is 0.548. The van der Waals surface area contributed by atoms with Gasteiger partial charge in [-0.15, -0.1) is 0 Å². The summed E-state index contributed by atoms with van der Waals surface area (Å²) in [5.74, 6) is -0.255. The van der Waals surface area contributed by atoms with Crippen LogP contribution in [0, 0.1) is 0 Å². The van der Waals surface area contributed by atoms with E-state index < -0.39 is 0 Å². The summed E-state index contributed by atoms with van der Waals surface area (Å²) in [7, 11) is 4.93. The van der Waals surface area contributed by atoms with E-state index >= 15 is 0 Å². The Balaban J connectivity index is 2.27. The fraction of sp³-hybridized carbons (Fsp3) is 0.188. The van der Waals surface area contributed by atoms with Crippen LogP contribution in [0.4, 0.5) is 0 Å². The fourth-order valence-electron chi connectivity index (χ4n) is 2.38. The van der Waals surface area contributed by atoms with Gasteiger partial charge in [0.1, 0.15) is 5.69 Å². The molecule has 0 saturated heterocycles. The third-order valence-corrected chi connectivity index (χ3v) is 3.96. The Morgan fingerprint density at radius 1 is 1.22 bits per heavy atom. The molecule has 0 spiro atoms. The molecule has 6 nitrogen and oxygen atoms in total. The first-order valence-corrected chi connectivity index (χ1v) is 7.33. The van der Waals surface area contributed by atoms with E-state index in [1.54, 1.807) is 44.0 Å². The molecule has 1 amide bonds. The van der Waals surface area contributed by atoms with Crippen molar-refractivity contribution >= 4 is 23.2 Å². The number of imidazole rings is 1. The van der Waals surface area contributed by atoms with Gasteiger partial charge in [-0.1, -0.05) is 29.8 Å². The van der Waals surface area contributed by atoms with Crippen LogP contribution in [0.5, 0.6) is 0 Å². The van der Waals surface area contributed by atoms with E-state index in [0.29, 0.717) is 10.7 Å². The van der Waals surface area contributed by atoms with E-state index in [1.165, 1.54) is 9.47 Å². The summed E-state index contributed by atoms with van der Waals surface area (Å²) in [4.78, 5) is 30.2. The Bertz CT molecular complexity index is 972. The van der Waals surface area contributed by atoms with Crippen LogP contribution in [0.3, 0.4) is 0 Å². The lowest BCUT2D eigenvalue weighted by atomic mass is 10.1. The van der Waals surface area contributed by atoms with Crippen molar-refractivity contribution in [2.24, 2.45) is 7.05 Å². The Hall–Kier alpha value is -2.60. The van der Waals surface area contributed by atoms with Crippen molar-refractivity contribution in [2.45, 2.75) is 0 Å². The van der Waals surface area contributed by atoms with Gasteiger partial charge < -0.3 is 9.47 Å². The number of amides is 1. The molecule has 1 aromatic carbocycles. The molecular weight excluding hydrogens is 316 g/mol. The van der Waals surface area contributed by atoms with Crippen molar-refractivity contribution in [1.82, 2.24) is 18.9 Å². The number of aromatic nitrogens is 3. The van der Waals surface area contributed by atoms with Crippen molar-refractivity contribution in [2.75, 3.05) is 14.1 Å². The topological polar surface area (TPSA) is 59.6 Å². The average Bonchev–Trinajstić information content (AvgIpc) is 2.95. The van der Waals surface area contributed by atoms with Crippen LogP contribution in [0.25, 0.3) is 16.9 Å². The third-order valence-electron chi connectivity index (χ3n) is 3.63. The van der Waals surface area contributed by atoms with Gasteiger partial charge >= 0.3 is 0 Å². The normalized spacial score (nSPS) is 11.0. The van der Waals surface area contributed by atoms with Crippen LogP contribution < -0.4 is 5.56 Å². The van der Waals surface area contributed by atoms with Crippen molar-refractivity contribution < 1.29 is 4.79 Å². The molecule has 0 bridgehead atoms. The number of benzene rings is 1. The number of rotatable bonds is 2. The van der Waals surface area contributed by atoms with E-state index in [-0.39, 0.29) is 22.8 Å². The number of halogens is 1. The van der Waals surface area contributed by atoms with Gasteiger partial charge in [0.25, 0.3) is 11.5 Å². The number of fused-ring (bicyclic) bond motifs is 1. The maximum atomic E-state index is 12.6. The summed E-state index contributed by atoms with van der Waals surface area (Å²) < 4.78 is 3.05. The molecule has 118 valence electrons. The highest BCUT2D eigenvalue weighted by molar-refractivity contribution is 6.33. The van der Waals surface area contributed by atoms with E-state index in [1.807, 2.05) is 18.2 Å². The number of nitrogens with zero attached hydrogens (tertiary/aromatic N) is 4. The Morgan fingerprint density at radius 3 is 2.57 bits per heavy atom. The van der Waals surface area contributed by atoms with Crippen LogP contribution >= 0.6 is 11.6 Å². The zero-order valence-corrected chi connectivity index (χ0v) is 13.7. The minimum absolute atomic E-state index is 0.202. The molecule has 0 radical (unpaired) electrons. The van der Waals surface area contributed by atoms with E-state index in [4.69, 9.17) is 11.6 Å². The molecule has 0 atom stereocenters. The highest BCUT2D eigenvalue weighted by atomic mass is 35.5. The number of hydrogen-bond acceptors (Lipinski definition) is 3. The minimum atomic E-state index is -0.291. The van der Waals surface area contributed by atoms with Crippen molar-refractivity contribution in [3.63, 3.8) is 0 Å². The molecule has 0 aliphatic rings. The van der Waals surface area contributed by atoms with Gasteiger partial charge in [0.15, 0.2) is 0 Å². The lowest BCUT2D eigenvalue weighted by Crippen LogP contribution is -2.22. The third kappa shape index (κ3) is 2.51. The first-order chi connectivity index (χ1) is 10.9. The Kier molecular flexibility index (Phi) is 3.69. The lowest BCUT2D eigenvalue weighted by molar-refractivity contribution is 0.0822. The van der Waals surface area contributed by atoms with Gasteiger partial charge in [0.05, 0.1) is 5.69 Å². The fourth-order valence-corrected chi connectivity index (χ4v) is 2.61. The molecular formula is C16H15ClN4O2. The zero-order chi connectivity index (χ0) is 16.7. The Morgan fingerprint density at radius 2 is 1.91 bits per heavy atom. The van der Waals surface area contributed by atoms with Crippen LogP contribution in [0.1, 0.15) is 10.5 Å². The van der Waals surface area contributed by atoms with Crippen LogP contribution in [0.2, 0.25) is 5.02 Å². The van der Waals surface area contributed by atoms with E-state index in [9.17, 15) is 9.59 Å². The largest absolute Gasteiger partial charge is 0.343 e. The minimum Gasteiger partial charge on any atom is -0.343 e. The molecule has 2 aromatic heterocycles. The van der Waals surface area contributed by atoms with Crippen LogP contribution in [-0.4, -0.2) is 38.9 Å². The second kappa shape index (κ2) is 5.55. The summed E-state index contributed by atoms with van der Waals surface area (Å²) in [6.45, 7) is 0. The molecule has 3 rings (SSSR count). The highest BCUT2D eigenvalue weighted by Gasteiger charge is 2.17. The molecule has 2 heterocycles. The standard InChI is InChI=1S/C16H15ClN4O2/c1-19(2)15(22)12-8-21-9-13(10-6-4-5-7-11(10)17)20(3)16(23)14(21)18-12/h4-9H,1-3H3. The van der Waals surface area contributed by atoms with Crippen LogP contribution in [-0.2, 0) is 7.05 Å². The monoisotopic (exact) mass is 330 g/mol. The molecule has 0 fully saturated rings. The van der Waals surface area contributed by atoms with E-state index in [0.717, 1.165) is 5.56 Å². The van der Waals surface area contributed by atoms with Crippen molar-refractivity contribution in [3.05, 3.63) is 57.7 Å². The first kappa shape index (κ1) is 15.3. The van der Waals surface area contributed by atoms with E-state index in [2.05, 4.69) is 4.98 Å². The predicted molar refractivity (Wildman–Crippen MR) is 88.9 cm³/mol. The summed E-state index contributed by atoms with van der Waals surface area (Å²) in [5.41, 5.74) is 1.52. The zero-order valence-electron chi connectivity index (χ0n) is 12.9. The predicted octanol–water partition coefficient (Wildman–Crippen LogP) is 2.06. The molecule has 3 aromatic rings. The second-order valence-electron chi connectivity index (χ2n) is 5.41. The maximum Gasteiger partial charge on any atom is 0.294 e. The molecule has 0 aliphatic carbocycles. The smallest absolute Gasteiger partial charge is 0.294 e. The molecule has 0 saturated carbocycles. The van der Waals surface area contributed by atoms with Crippen molar-refractivity contribution in [1.29, 1.82) is 0 Å². The van der Waals surface area contributed by atoms with Gasteiger partial charge in [-0.2, -0.15) is 0 Å². The van der Waals surface area contributed by atoms with Crippen LogP contribution in [0.15, 0.2) is 41.5 Å². The van der Waals surface area contributed by atoms with Gasteiger partial charge in [-0.05, 0) is 6.07 Å². The van der Waals surface area contributed by atoms with Gasteiger partial charge in [0, 0.05) is 44.1 Å². The highest BCUT2D eigenvalue weighted by Crippen LogP contribution is 2.26. The van der Waals surface area contributed by atoms with Gasteiger partial charge in [-0.25, -0.2) is 4.98 Å². The molecule has 0 aliphatic heterocycles. The first-order valence-electron chi connectivity index (χ1n) is 6.95. The Labute approximate surface area is 137 Å². The molecule has 7 heteroatoms. The van der Waals surface area contributed by atoms with Gasteiger partial charge in [0.2, 0.25) is 5.65 Å². The van der Waals surface area contributed by atoms with Crippen molar-refractivity contribution in [3.8, 4) is 11.3 Å². The number of hydrogen-bond donors (Lipinski definition) is 0. The lowest BCUT2D eigenvalue weighted by Gasteiger charge is -2.10. The molecule has 0 unspecified atom stereocenters. The number of carbonyl (C=O) groups is 1. The van der Waals surface area contributed by atoms with Gasteiger partial charge in [-0.3, -0.25) is 14.0 Å². The second-order valence-corrected chi connectivity index (χ2v) is 5.82. The quantitative estimate of drug-likeness (QED) is 0.722. The summed E-state index contributed by atoms with van der Waals surface area (Å²) >= 11 is 6.23. The molecule has 0 N–H and O–H groups in total. The molecule has 23 heavy (non-hydrogen) atoms. The average molecular weight is 331 g/mol. The summed E-state index contributed by atoms with van der Waals surface area (Å²) in [6, 6.07) is 7.28. The maximum absolute atomic E-state index is 12.6. The number of carbonyl (C=O) groups excluding carboxylic acids is 1.